The first-order chi connectivity index (χ1) is 28.4. The minimum atomic E-state index is -1.01. The number of benzene rings is 4. The molecule has 0 atom stereocenters. The first-order valence-corrected chi connectivity index (χ1v) is 22.8. The highest BCUT2D eigenvalue weighted by atomic mass is 16.5. The van der Waals surface area contributed by atoms with Crippen molar-refractivity contribution in [3.63, 3.8) is 0 Å². The monoisotopic (exact) mass is 833 g/mol. The molecule has 1 aliphatic rings. The summed E-state index contributed by atoms with van der Waals surface area (Å²) in [5.41, 5.74) is 12.8. The Morgan fingerprint density at radius 1 is 0.410 bits per heavy atom. The van der Waals surface area contributed by atoms with Crippen LogP contribution in [0.2, 0.25) is 0 Å². The SMILES string of the molecule is CCCOc1c2cc(C(C)(C)C)cc1Cc1cc(C(C)(C)C)cc(c1OCCC)Cc1cc(C(C)(C)C)cc(c1OCC(=O)O)Cc1cc(C(C)(C)C)cc(c1OCCC)C2. The molecule has 332 valence electrons. The largest absolute Gasteiger partial charge is 0.493 e. The van der Waals surface area contributed by atoms with Crippen molar-refractivity contribution in [1.82, 2.24) is 0 Å². The topological polar surface area (TPSA) is 74.2 Å². The number of aliphatic carboxylic acids is 1. The summed E-state index contributed by atoms with van der Waals surface area (Å²) in [5, 5.41) is 10.1. The molecule has 0 unspecified atom stereocenters. The molecule has 0 aromatic heterocycles. The van der Waals surface area contributed by atoms with Gasteiger partial charge in [-0.15, -0.1) is 0 Å². The van der Waals surface area contributed by atoms with Crippen LogP contribution in [0.1, 0.15) is 190 Å². The third-order valence-electron chi connectivity index (χ3n) is 11.7. The van der Waals surface area contributed by atoms with E-state index >= 15 is 0 Å². The molecule has 0 saturated heterocycles. The van der Waals surface area contributed by atoms with Crippen molar-refractivity contribution >= 4 is 5.97 Å². The van der Waals surface area contributed by atoms with Crippen molar-refractivity contribution < 1.29 is 28.8 Å². The van der Waals surface area contributed by atoms with Crippen molar-refractivity contribution in [3.8, 4) is 23.0 Å². The molecule has 0 aliphatic heterocycles. The van der Waals surface area contributed by atoms with Crippen LogP contribution in [0.25, 0.3) is 0 Å². The Morgan fingerprint density at radius 3 is 0.770 bits per heavy atom. The maximum atomic E-state index is 12.3. The highest BCUT2D eigenvalue weighted by molar-refractivity contribution is 5.69. The average molecular weight is 833 g/mol. The van der Waals surface area contributed by atoms with E-state index < -0.39 is 12.6 Å². The van der Waals surface area contributed by atoms with Crippen LogP contribution in [0.3, 0.4) is 0 Å². The Labute approximate surface area is 368 Å². The van der Waals surface area contributed by atoms with Crippen LogP contribution in [0.15, 0.2) is 48.5 Å². The molecular weight excluding hydrogens is 757 g/mol. The number of carboxylic acid groups (broad SMARTS) is 1. The maximum absolute atomic E-state index is 12.3. The molecular formula is C55H76O6. The zero-order chi connectivity index (χ0) is 45.1. The van der Waals surface area contributed by atoms with E-state index in [0.717, 1.165) is 86.6 Å². The van der Waals surface area contributed by atoms with Gasteiger partial charge in [0, 0.05) is 25.7 Å². The van der Waals surface area contributed by atoms with Gasteiger partial charge in [0.05, 0.1) is 19.8 Å². The summed E-state index contributed by atoms with van der Waals surface area (Å²) < 4.78 is 27.1. The van der Waals surface area contributed by atoms with Crippen LogP contribution >= 0.6 is 0 Å². The van der Waals surface area contributed by atoms with Crippen molar-refractivity contribution in [2.75, 3.05) is 26.4 Å². The van der Waals surface area contributed by atoms with E-state index in [0.29, 0.717) is 51.3 Å². The van der Waals surface area contributed by atoms with Gasteiger partial charge < -0.3 is 24.1 Å². The lowest BCUT2D eigenvalue weighted by Crippen LogP contribution is -2.18. The van der Waals surface area contributed by atoms with Crippen LogP contribution in [-0.4, -0.2) is 37.5 Å². The van der Waals surface area contributed by atoms with Gasteiger partial charge in [-0.2, -0.15) is 0 Å². The molecule has 0 saturated carbocycles. The van der Waals surface area contributed by atoms with Crippen molar-refractivity contribution in [1.29, 1.82) is 0 Å². The zero-order valence-corrected chi connectivity index (χ0v) is 40.4. The summed E-state index contributed by atoms with van der Waals surface area (Å²) in [6.45, 7) is 34.9. The quantitative estimate of drug-likeness (QED) is 0.135. The molecule has 61 heavy (non-hydrogen) atoms. The summed E-state index contributed by atoms with van der Waals surface area (Å²) in [6, 6.07) is 18.5. The van der Waals surface area contributed by atoms with E-state index in [-0.39, 0.29) is 21.7 Å². The molecule has 4 aromatic carbocycles. The van der Waals surface area contributed by atoms with Gasteiger partial charge in [-0.1, -0.05) is 152 Å². The first kappa shape index (κ1) is 47.6. The molecule has 0 radical (unpaired) electrons. The molecule has 0 spiro atoms. The lowest BCUT2D eigenvalue weighted by Gasteiger charge is -2.29. The third-order valence-corrected chi connectivity index (χ3v) is 11.7. The predicted octanol–water partition coefficient (Wildman–Crippen LogP) is 13.4. The fraction of sp³-hybridized carbons (Fsp3) is 0.545. The van der Waals surface area contributed by atoms with Crippen molar-refractivity contribution in [3.05, 3.63) is 115 Å². The number of carboxylic acids is 1. The van der Waals surface area contributed by atoms with Gasteiger partial charge in [-0.05, 0) is 108 Å². The van der Waals surface area contributed by atoms with Gasteiger partial charge in [0.25, 0.3) is 0 Å². The Morgan fingerprint density at radius 2 is 0.607 bits per heavy atom. The molecule has 1 aliphatic carbocycles. The second-order valence-electron chi connectivity index (χ2n) is 21.4. The van der Waals surface area contributed by atoms with E-state index in [1.54, 1.807) is 0 Å². The number of rotatable bonds is 12. The van der Waals surface area contributed by atoms with E-state index in [2.05, 4.69) is 152 Å². The lowest BCUT2D eigenvalue weighted by molar-refractivity contribution is -0.139. The normalized spacial score (nSPS) is 13.5. The molecule has 0 fully saturated rings. The number of ether oxygens (including phenoxy) is 4. The van der Waals surface area contributed by atoms with Crippen molar-refractivity contribution in [2.24, 2.45) is 0 Å². The number of hydrogen-bond acceptors (Lipinski definition) is 5. The minimum Gasteiger partial charge on any atom is -0.493 e. The third kappa shape index (κ3) is 11.7. The molecule has 0 amide bonds. The summed E-state index contributed by atoms with van der Waals surface area (Å²) in [6.07, 6.45) is 4.86. The summed E-state index contributed by atoms with van der Waals surface area (Å²) >= 11 is 0. The molecule has 8 bridgehead atoms. The van der Waals surface area contributed by atoms with Crippen molar-refractivity contribution in [2.45, 2.75) is 170 Å². The number of carbonyl (C=O) groups is 1. The standard InChI is InChI=1S/C55H76O6/c1-16-19-58-48-35-22-37-28-44(53(7,8)9)30-39(49(37)59-20-17-2)24-41-32-46(55(13,14)15)33-42(51(41)61-34-47(56)57)25-40-31-45(54(10,11)12)29-38(50(40)60-21-18-3)23-36(48)27-43(26-35)52(4,5)6/h26-33H,16-25,34H2,1-15H3,(H,56,57). The summed E-state index contributed by atoms with van der Waals surface area (Å²) in [7, 11) is 0. The smallest absolute Gasteiger partial charge is 0.341 e. The number of fused-ring (bicyclic) bond motifs is 8. The van der Waals surface area contributed by atoms with Crippen LogP contribution < -0.4 is 18.9 Å². The average Bonchev–Trinajstić information content (AvgIpc) is 3.14. The van der Waals surface area contributed by atoms with Gasteiger partial charge in [-0.3, -0.25) is 0 Å². The lowest BCUT2D eigenvalue weighted by atomic mass is 9.79. The maximum Gasteiger partial charge on any atom is 0.341 e. The summed E-state index contributed by atoms with van der Waals surface area (Å²) in [5.74, 6) is 2.32. The highest BCUT2D eigenvalue weighted by Crippen LogP contribution is 2.44. The zero-order valence-electron chi connectivity index (χ0n) is 40.4. The van der Waals surface area contributed by atoms with Gasteiger partial charge in [-0.25, -0.2) is 4.79 Å². The van der Waals surface area contributed by atoms with E-state index in [1.807, 2.05) is 0 Å². The fourth-order valence-electron chi connectivity index (χ4n) is 8.11. The Balaban J connectivity index is 2.03. The van der Waals surface area contributed by atoms with Crippen LogP contribution in [0, 0.1) is 0 Å². The van der Waals surface area contributed by atoms with Crippen LogP contribution in [-0.2, 0) is 52.1 Å². The Hall–Kier alpha value is -4.45. The first-order valence-electron chi connectivity index (χ1n) is 22.8. The minimum absolute atomic E-state index is 0.118. The Bertz CT molecular complexity index is 2060. The van der Waals surface area contributed by atoms with Gasteiger partial charge >= 0.3 is 5.97 Å². The second-order valence-corrected chi connectivity index (χ2v) is 21.4. The van der Waals surface area contributed by atoms with Crippen LogP contribution in [0.5, 0.6) is 23.0 Å². The molecule has 4 aromatic rings. The molecule has 5 rings (SSSR count). The molecule has 0 heterocycles. The van der Waals surface area contributed by atoms with E-state index in [4.69, 9.17) is 18.9 Å². The number of hydrogen-bond donors (Lipinski definition) is 1. The molecule has 6 nitrogen and oxygen atoms in total. The summed E-state index contributed by atoms with van der Waals surface area (Å²) in [4.78, 5) is 12.3. The second kappa shape index (κ2) is 18.9. The van der Waals surface area contributed by atoms with Gasteiger partial charge in [0.1, 0.15) is 23.0 Å². The van der Waals surface area contributed by atoms with Gasteiger partial charge in [0.2, 0.25) is 0 Å². The van der Waals surface area contributed by atoms with E-state index in [9.17, 15) is 9.90 Å². The highest BCUT2D eigenvalue weighted by Gasteiger charge is 2.29. The van der Waals surface area contributed by atoms with E-state index in [1.165, 1.54) is 16.7 Å². The van der Waals surface area contributed by atoms with Gasteiger partial charge in [0.15, 0.2) is 6.61 Å². The molecule has 1 N–H and O–H groups in total. The predicted molar refractivity (Wildman–Crippen MR) is 252 cm³/mol. The Kier molecular flexibility index (Phi) is 14.7. The van der Waals surface area contributed by atoms with Crippen LogP contribution in [0.4, 0.5) is 0 Å². The fourth-order valence-corrected chi connectivity index (χ4v) is 8.11. The molecule has 6 heteroatoms.